The van der Waals surface area contributed by atoms with Crippen LogP contribution in [-0.4, -0.2) is 14.5 Å². The Morgan fingerprint density at radius 1 is 0.478 bits per heavy atom. The predicted octanol–water partition coefficient (Wildman–Crippen LogP) is 11.5. The Morgan fingerprint density at radius 2 is 1.17 bits per heavy atom. The summed E-state index contributed by atoms with van der Waals surface area (Å²) in [6.07, 6.45) is 2.18. The topological polar surface area (TPSA) is 30.7 Å². The molecule has 9 aromatic rings. The molecule has 4 heteroatoms. The molecule has 216 valence electrons. The minimum atomic E-state index is 0.931. The molecular formula is C42H27N3S. The molecule has 0 unspecified atom stereocenters. The Hall–Kier alpha value is -5.84. The summed E-state index contributed by atoms with van der Waals surface area (Å²) in [5.74, 6) is 0.931. The molecule has 0 radical (unpaired) electrons. The van der Waals surface area contributed by atoms with Gasteiger partial charge in [-0.3, -0.25) is 4.57 Å². The number of imidazole rings is 1. The molecule has 0 aliphatic carbocycles. The van der Waals surface area contributed by atoms with Crippen molar-refractivity contribution in [3.8, 4) is 50.7 Å². The summed E-state index contributed by atoms with van der Waals surface area (Å²) in [6.45, 7) is 0. The van der Waals surface area contributed by atoms with Crippen molar-refractivity contribution in [2.24, 2.45) is 0 Å². The van der Waals surface area contributed by atoms with Gasteiger partial charge in [-0.25, -0.2) is 9.97 Å². The summed E-state index contributed by atoms with van der Waals surface area (Å²) in [7, 11) is 0. The SMILES string of the molecule is c1ccc(-c2cn(-c3cccc4sc5c(-c6ccc(-c7ccc8ccccc8n7)cc6)cccc5c34)c(-c3ccccc3)n2)cc1. The van der Waals surface area contributed by atoms with Crippen molar-refractivity contribution in [2.75, 3.05) is 0 Å². The van der Waals surface area contributed by atoms with Gasteiger partial charge in [-0.1, -0.05) is 133 Å². The molecule has 6 aromatic carbocycles. The van der Waals surface area contributed by atoms with Crippen LogP contribution in [0.3, 0.4) is 0 Å². The molecule has 0 aliphatic heterocycles. The Labute approximate surface area is 270 Å². The second-order valence-electron chi connectivity index (χ2n) is 11.5. The zero-order chi connectivity index (χ0) is 30.5. The summed E-state index contributed by atoms with van der Waals surface area (Å²) >= 11 is 1.85. The first-order chi connectivity index (χ1) is 22.8. The van der Waals surface area contributed by atoms with Crippen LogP contribution in [0.2, 0.25) is 0 Å². The van der Waals surface area contributed by atoms with E-state index in [2.05, 4.69) is 150 Å². The number of hydrogen-bond acceptors (Lipinski definition) is 3. The quantitative estimate of drug-likeness (QED) is 0.195. The van der Waals surface area contributed by atoms with Gasteiger partial charge in [-0.15, -0.1) is 11.3 Å². The first-order valence-electron chi connectivity index (χ1n) is 15.4. The van der Waals surface area contributed by atoms with Crippen molar-refractivity contribution in [1.29, 1.82) is 0 Å². The van der Waals surface area contributed by atoms with Gasteiger partial charge in [0, 0.05) is 48.4 Å². The molecule has 0 amide bonds. The van der Waals surface area contributed by atoms with Crippen molar-refractivity contribution >= 4 is 42.4 Å². The van der Waals surface area contributed by atoms with E-state index in [1.165, 1.54) is 31.3 Å². The summed E-state index contributed by atoms with van der Waals surface area (Å²) in [6, 6.07) is 55.5. The molecule has 3 heterocycles. The van der Waals surface area contributed by atoms with Crippen molar-refractivity contribution in [1.82, 2.24) is 14.5 Å². The minimum Gasteiger partial charge on any atom is -0.298 e. The molecule has 0 N–H and O–H groups in total. The summed E-state index contributed by atoms with van der Waals surface area (Å²) in [5.41, 5.74) is 9.82. The number of pyridine rings is 1. The van der Waals surface area contributed by atoms with Crippen LogP contribution in [0, 0.1) is 0 Å². The lowest BCUT2D eigenvalue weighted by Crippen LogP contribution is -1.96. The highest BCUT2D eigenvalue weighted by Gasteiger charge is 2.18. The van der Waals surface area contributed by atoms with E-state index < -0.39 is 0 Å². The summed E-state index contributed by atoms with van der Waals surface area (Å²) in [4.78, 5) is 10.1. The fraction of sp³-hybridized carbons (Fsp3) is 0. The van der Waals surface area contributed by atoms with Crippen LogP contribution in [-0.2, 0) is 0 Å². The van der Waals surface area contributed by atoms with Gasteiger partial charge >= 0.3 is 0 Å². The number of para-hydroxylation sites is 1. The van der Waals surface area contributed by atoms with Crippen LogP contribution in [0.5, 0.6) is 0 Å². The molecule has 0 saturated carbocycles. The molecule has 9 rings (SSSR count). The van der Waals surface area contributed by atoms with Crippen molar-refractivity contribution in [2.45, 2.75) is 0 Å². The predicted molar refractivity (Wildman–Crippen MR) is 193 cm³/mol. The highest BCUT2D eigenvalue weighted by Crippen LogP contribution is 2.43. The molecule has 0 saturated heterocycles. The zero-order valence-corrected chi connectivity index (χ0v) is 25.7. The van der Waals surface area contributed by atoms with Gasteiger partial charge in [0.2, 0.25) is 0 Å². The fourth-order valence-electron chi connectivity index (χ4n) is 6.41. The maximum Gasteiger partial charge on any atom is 0.145 e. The van der Waals surface area contributed by atoms with Crippen LogP contribution in [0.15, 0.2) is 164 Å². The Balaban J connectivity index is 1.18. The van der Waals surface area contributed by atoms with E-state index in [0.717, 1.165) is 50.5 Å². The Kier molecular flexibility index (Phi) is 6.32. The number of nitrogens with zero attached hydrogens (tertiary/aromatic N) is 3. The molecule has 3 aromatic heterocycles. The lowest BCUT2D eigenvalue weighted by molar-refractivity contribution is 1.08. The lowest BCUT2D eigenvalue weighted by atomic mass is 10.00. The number of hydrogen-bond donors (Lipinski definition) is 0. The Bertz CT molecular complexity index is 2510. The number of thiophene rings is 1. The maximum absolute atomic E-state index is 5.17. The number of rotatable bonds is 5. The van der Waals surface area contributed by atoms with E-state index >= 15 is 0 Å². The van der Waals surface area contributed by atoms with Gasteiger partial charge < -0.3 is 0 Å². The first kappa shape index (κ1) is 26.6. The lowest BCUT2D eigenvalue weighted by Gasteiger charge is -2.10. The summed E-state index contributed by atoms with van der Waals surface area (Å²) in [5, 5.41) is 3.65. The highest BCUT2D eigenvalue weighted by atomic mass is 32.1. The molecule has 0 spiro atoms. The van der Waals surface area contributed by atoms with Gasteiger partial charge in [0.15, 0.2) is 0 Å². The van der Waals surface area contributed by atoms with Crippen LogP contribution in [0.1, 0.15) is 0 Å². The first-order valence-corrected chi connectivity index (χ1v) is 16.2. The second kappa shape index (κ2) is 11.0. The minimum absolute atomic E-state index is 0.931. The number of benzene rings is 6. The molecule has 0 aliphatic rings. The molecule has 0 atom stereocenters. The molecule has 46 heavy (non-hydrogen) atoms. The molecule has 0 bridgehead atoms. The molecule has 3 nitrogen and oxygen atoms in total. The van der Waals surface area contributed by atoms with Gasteiger partial charge in [0.05, 0.1) is 22.6 Å². The van der Waals surface area contributed by atoms with Crippen molar-refractivity contribution < 1.29 is 0 Å². The van der Waals surface area contributed by atoms with Gasteiger partial charge in [-0.05, 0) is 35.4 Å². The monoisotopic (exact) mass is 605 g/mol. The summed E-state index contributed by atoms with van der Waals surface area (Å²) < 4.78 is 4.81. The number of aromatic nitrogens is 3. The average molecular weight is 606 g/mol. The van der Waals surface area contributed by atoms with E-state index in [1.54, 1.807) is 0 Å². The largest absolute Gasteiger partial charge is 0.298 e. The Morgan fingerprint density at radius 3 is 2.00 bits per heavy atom. The smallest absolute Gasteiger partial charge is 0.145 e. The van der Waals surface area contributed by atoms with Crippen LogP contribution < -0.4 is 0 Å². The second-order valence-corrected chi connectivity index (χ2v) is 12.5. The third-order valence-electron chi connectivity index (χ3n) is 8.66. The maximum atomic E-state index is 5.17. The standard InChI is InChI=1S/C42H27N3S/c1-3-11-29(12-4-1)37-27-45(42(44-37)32-14-5-2-6-15-32)38-19-10-20-39-40(38)34-17-9-16-33(41(34)46-39)28-21-23-31(24-22-28)36-26-25-30-13-7-8-18-35(30)43-36/h1-27H. The van der Waals surface area contributed by atoms with E-state index in [9.17, 15) is 0 Å². The van der Waals surface area contributed by atoms with Crippen LogP contribution in [0.4, 0.5) is 0 Å². The van der Waals surface area contributed by atoms with Gasteiger partial charge in [-0.2, -0.15) is 0 Å². The average Bonchev–Trinajstić information content (AvgIpc) is 3.75. The van der Waals surface area contributed by atoms with E-state index in [-0.39, 0.29) is 0 Å². The van der Waals surface area contributed by atoms with E-state index in [1.807, 2.05) is 29.5 Å². The van der Waals surface area contributed by atoms with Gasteiger partial charge in [0.1, 0.15) is 5.82 Å². The fourth-order valence-corrected chi connectivity index (χ4v) is 7.67. The van der Waals surface area contributed by atoms with Crippen molar-refractivity contribution in [3.05, 3.63) is 164 Å². The third-order valence-corrected chi connectivity index (χ3v) is 9.86. The highest BCUT2D eigenvalue weighted by molar-refractivity contribution is 7.26. The van der Waals surface area contributed by atoms with Crippen LogP contribution in [0.25, 0.3) is 81.8 Å². The normalized spacial score (nSPS) is 11.5. The van der Waals surface area contributed by atoms with Gasteiger partial charge in [0.25, 0.3) is 0 Å². The molecule has 0 fully saturated rings. The zero-order valence-electron chi connectivity index (χ0n) is 24.8. The van der Waals surface area contributed by atoms with E-state index in [4.69, 9.17) is 9.97 Å². The van der Waals surface area contributed by atoms with Crippen molar-refractivity contribution in [3.63, 3.8) is 0 Å². The van der Waals surface area contributed by atoms with E-state index in [0.29, 0.717) is 0 Å². The van der Waals surface area contributed by atoms with Crippen LogP contribution >= 0.6 is 11.3 Å². The number of fused-ring (bicyclic) bond motifs is 4. The molecular weight excluding hydrogens is 579 g/mol. The third kappa shape index (κ3) is 4.50.